The molecule has 0 spiro atoms. The molecule has 1 aliphatic rings. The van der Waals surface area contributed by atoms with Crippen molar-refractivity contribution in [2.24, 2.45) is 0 Å². The monoisotopic (exact) mass is 388 g/mol. The number of halogens is 3. The minimum absolute atomic E-state index is 0.0272. The van der Waals surface area contributed by atoms with E-state index < -0.39 is 28.4 Å². The SMILES string of the molecule is O=c1[nH]sc2c1c(=O)c1cc(F)c(-c3ccc(F)c(F)c3)cc1n2C1CC1. The summed E-state index contributed by atoms with van der Waals surface area (Å²) >= 11 is 1.07. The summed E-state index contributed by atoms with van der Waals surface area (Å²) < 4.78 is 46.0. The van der Waals surface area contributed by atoms with Gasteiger partial charge in [-0.3, -0.25) is 14.0 Å². The Morgan fingerprint density at radius 3 is 2.48 bits per heavy atom. The summed E-state index contributed by atoms with van der Waals surface area (Å²) in [6.45, 7) is 0. The number of H-pyrrole nitrogens is 1. The topological polar surface area (TPSA) is 54.9 Å². The second kappa shape index (κ2) is 5.56. The number of pyridine rings is 1. The van der Waals surface area contributed by atoms with Crippen LogP contribution >= 0.6 is 11.5 Å². The third-order valence-corrected chi connectivity index (χ3v) is 5.74. The van der Waals surface area contributed by atoms with Crippen LogP contribution in [0.25, 0.3) is 32.2 Å². The fraction of sp³-hybridized carbons (Fsp3) is 0.158. The van der Waals surface area contributed by atoms with E-state index in [1.165, 1.54) is 12.1 Å². The summed E-state index contributed by atoms with van der Waals surface area (Å²) in [5.74, 6) is -2.83. The van der Waals surface area contributed by atoms with Gasteiger partial charge in [-0.15, -0.1) is 0 Å². The highest BCUT2D eigenvalue weighted by Crippen LogP contribution is 2.40. The van der Waals surface area contributed by atoms with Crippen LogP contribution in [-0.2, 0) is 0 Å². The Balaban J connectivity index is 1.91. The van der Waals surface area contributed by atoms with Crippen molar-refractivity contribution in [1.82, 2.24) is 8.94 Å². The van der Waals surface area contributed by atoms with Gasteiger partial charge in [0.15, 0.2) is 11.6 Å². The van der Waals surface area contributed by atoms with E-state index in [0.29, 0.717) is 10.3 Å². The minimum atomic E-state index is -1.08. The van der Waals surface area contributed by atoms with Crippen LogP contribution in [0.5, 0.6) is 0 Å². The largest absolute Gasteiger partial charge is 0.328 e. The van der Waals surface area contributed by atoms with Gasteiger partial charge in [0.1, 0.15) is 16.0 Å². The molecule has 1 N–H and O–H groups in total. The van der Waals surface area contributed by atoms with Crippen LogP contribution in [0.3, 0.4) is 0 Å². The maximum absolute atomic E-state index is 14.7. The molecular formula is C19H11F3N2O2S. The van der Waals surface area contributed by atoms with Gasteiger partial charge in [0.2, 0.25) is 5.43 Å². The number of fused-ring (bicyclic) bond motifs is 2. The van der Waals surface area contributed by atoms with E-state index in [-0.39, 0.29) is 27.9 Å². The van der Waals surface area contributed by atoms with Gasteiger partial charge < -0.3 is 4.57 Å². The number of nitrogens with one attached hydrogen (secondary N) is 1. The molecule has 4 nitrogen and oxygen atoms in total. The third-order valence-electron chi connectivity index (χ3n) is 4.86. The van der Waals surface area contributed by atoms with Crippen molar-refractivity contribution in [3.8, 4) is 11.1 Å². The Hall–Kier alpha value is -2.87. The summed E-state index contributed by atoms with van der Waals surface area (Å²) in [5.41, 5.74) is -0.300. The molecule has 1 aliphatic carbocycles. The molecule has 2 aromatic carbocycles. The van der Waals surface area contributed by atoms with E-state index in [1.807, 2.05) is 4.57 Å². The molecule has 27 heavy (non-hydrogen) atoms. The lowest BCUT2D eigenvalue weighted by Gasteiger charge is -2.13. The number of nitrogens with zero attached hydrogens (tertiary/aromatic N) is 1. The van der Waals surface area contributed by atoms with Gasteiger partial charge >= 0.3 is 0 Å². The van der Waals surface area contributed by atoms with Gasteiger partial charge in [0.05, 0.1) is 5.52 Å². The maximum atomic E-state index is 14.7. The first-order valence-electron chi connectivity index (χ1n) is 8.30. The molecule has 136 valence electrons. The smallest absolute Gasteiger partial charge is 0.271 e. The van der Waals surface area contributed by atoms with Crippen molar-refractivity contribution in [3.63, 3.8) is 0 Å². The molecular weight excluding hydrogens is 377 g/mol. The molecule has 0 saturated heterocycles. The van der Waals surface area contributed by atoms with Crippen LogP contribution < -0.4 is 11.0 Å². The molecule has 1 fully saturated rings. The maximum Gasteiger partial charge on any atom is 0.271 e. The predicted octanol–water partition coefficient (Wildman–Crippen LogP) is 4.32. The van der Waals surface area contributed by atoms with Gasteiger partial charge in [0, 0.05) is 17.0 Å². The minimum Gasteiger partial charge on any atom is -0.328 e. The standard InChI is InChI=1S/C19H11F3N2O2S/c20-12-4-1-8(5-14(12)22)10-7-15-11(6-13(10)21)17(25)16-18(26)23-27-19(16)24(15)9-2-3-9/h1,4-7,9H,2-3H2,(H,23,26). The molecule has 0 radical (unpaired) electrons. The van der Waals surface area contributed by atoms with Crippen LogP contribution in [0.1, 0.15) is 18.9 Å². The van der Waals surface area contributed by atoms with E-state index in [4.69, 9.17) is 0 Å². The van der Waals surface area contributed by atoms with Crippen molar-refractivity contribution in [2.45, 2.75) is 18.9 Å². The molecule has 1 saturated carbocycles. The Morgan fingerprint density at radius 1 is 1.00 bits per heavy atom. The van der Waals surface area contributed by atoms with Crippen LogP contribution in [0.15, 0.2) is 39.9 Å². The average molecular weight is 388 g/mol. The molecule has 4 aromatic rings. The molecule has 5 rings (SSSR count). The zero-order valence-electron chi connectivity index (χ0n) is 13.7. The first kappa shape index (κ1) is 16.3. The first-order valence-corrected chi connectivity index (χ1v) is 9.11. The number of rotatable bonds is 2. The van der Waals surface area contributed by atoms with Crippen LogP contribution in [0.2, 0.25) is 0 Å². The second-order valence-electron chi connectivity index (χ2n) is 6.62. The summed E-state index contributed by atoms with van der Waals surface area (Å²) in [5, 5.41) is 0.126. The lowest BCUT2D eigenvalue weighted by Crippen LogP contribution is -2.15. The molecule has 0 atom stereocenters. The number of aromatic amines is 1. The fourth-order valence-electron chi connectivity index (χ4n) is 3.43. The van der Waals surface area contributed by atoms with Crippen molar-refractivity contribution in [2.75, 3.05) is 0 Å². The van der Waals surface area contributed by atoms with Gasteiger partial charge in [-0.05, 0) is 54.2 Å². The second-order valence-corrected chi connectivity index (χ2v) is 7.42. The third kappa shape index (κ3) is 2.36. The Bertz CT molecular complexity index is 1370. The van der Waals surface area contributed by atoms with Crippen molar-refractivity contribution >= 4 is 32.7 Å². The Morgan fingerprint density at radius 2 is 1.78 bits per heavy atom. The van der Waals surface area contributed by atoms with Crippen LogP contribution in [0, 0.1) is 17.5 Å². The normalized spacial score (nSPS) is 14.3. The summed E-state index contributed by atoms with van der Waals surface area (Å²) in [7, 11) is 0. The highest BCUT2D eigenvalue weighted by molar-refractivity contribution is 7.12. The zero-order chi connectivity index (χ0) is 18.9. The highest BCUT2D eigenvalue weighted by Gasteiger charge is 2.29. The zero-order valence-corrected chi connectivity index (χ0v) is 14.5. The molecule has 2 heterocycles. The van der Waals surface area contributed by atoms with E-state index >= 15 is 0 Å². The van der Waals surface area contributed by atoms with Gasteiger partial charge in [-0.1, -0.05) is 6.07 Å². The summed E-state index contributed by atoms with van der Waals surface area (Å²) in [6, 6.07) is 5.81. The lowest BCUT2D eigenvalue weighted by molar-refractivity contribution is 0.509. The van der Waals surface area contributed by atoms with E-state index in [9.17, 15) is 22.8 Å². The molecule has 0 unspecified atom stereocenters. The molecule has 2 aromatic heterocycles. The first-order chi connectivity index (χ1) is 13.0. The van der Waals surface area contributed by atoms with E-state index in [1.54, 1.807) is 0 Å². The van der Waals surface area contributed by atoms with E-state index in [2.05, 4.69) is 4.37 Å². The van der Waals surface area contributed by atoms with E-state index in [0.717, 1.165) is 42.6 Å². The highest BCUT2D eigenvalue weighted by atomic mass is 32.1. The molecule has 0 aliphatic heterocycles. The van der Waals surface area contributed by atoms with Gasteiger partial charge in [0.25, 0.3) is 5.56 Å². The van der Waals surface area contributed by atoms with Gasteiger partial charge in [-0.2, -0.15) is 0 Å². The van der Waals surface area contributed by atoms with Crippen molar-refractivity contribution in [3.05, 3.63) is 68.4 Å². The Kier molecular flexibility index (Phi) is 3.36. The van der Waals surface area contributed by atoms with Crippen molar-refractivity contribution < 1.29 is 13.2 Å². The number of hydrogen-bond donors (Lipinski definition) is 1. The molecule has 8 heteroatoms. The Labute approximate surface area is 153 Å². The summed E-state index contributed by atoms with van der Waals surface area (Å²) in [6.07, 6.45) is 1.77. The van der Waals surface area contributed by atoms with Crippen molar-refractivity contribution in [1.29, 1.82) is 0 Å². The van der Waals surface area contributed by atoms with Crippen LogP contribution in [-0.4, -0.2) is 8.94 Å². The number of benzene rings is 2. The lowest BCUT2D eigenvalue weighted by atomic mass is 10.0. The number of aromatic nitrogens is 2. The number of hydrogen-bond acceptors (Lipinski definition) is 3. The average Bonchev–Trinajstić information content (AvgIpc) is 3.40. The van der Waals surface area contributed by atoms with Gasteiger partial charge in [-0.25, -0.2) is 13.2 Å². The predicted molar refractivity (Wildman–Crippen MR) is 97.8 cm³/mol. The fourth-order valence-corrected chi connectivity index (χ4v) is 4.36. The van der Waals surface area contributed by atoms with Crippen LogP contribution in [0.4, 0.5) is 13.2 Å². The summed E-state index contributed by atoms with van der Waals surface area (Å²) in [4.78, 5) is 25.3. The quantitative estimate of drug-likeness (QED) is 0.556. The molecule has 0 bridgehead atoms. The molecule has 0 amide bonds.